The molecular formula is C10H20O3. The van der Waals surface area contributed by atoms with Crippen LogP contribution in [0.5, 0.6) is 0 Å². The minimum absolute atomic E-state index is 0.0707. The molecule has 0 amide bonds. The highest BCUT2D eigenvalue weighted by Gasteiger charge is 2.15. The fraction of sp³-hybridized carbons (Fsp3) is 1.00. The Morgan fingerprint density at radius 3 is 2.62 bits per heavy atom. The summed E-state index contributed by atoms with van der Waals surface area (Å²) in [6.45, 7) is 1.11. The summed E-state index contributed by atoms with van der Waals surface area (Å²) in [4.78, 5) is 0. The molecule has 78 valence electrons. The van der Waals surface area contributed by atoms with Crippen molar-refractivity contribution in [3.63, 3.8) is 0 Å². The van der Waals surface area contributed by atoms with E-state index in [0.717, 1.165) is 25.9 Å². The predicted molar refractivity (Wildman–Crippen MR) is 50.5 cm³/mol. The van der Waals surface area contributed by atoms with E-state index in [1.807, 2.05) is 0 Å². The molecule has 1 saturated heterocycles. The van der Waals surface area contributed by atoms with E-state index in [0.29, 0.717) is 6.10 Å². The first-order chi connectivity index (χ1) is 6.36. The predicted octanol–water partition coefficient (Wildman–Crippen LogP) is 0.936. The lowest BCUT2D eigenvalue weighted by Gasteiger charge is -2.12. The topological polar surface area (TPSA) is 49.7 Å². The molecule has 0 aromatic heterocycles. The van der Waals surface area contributed by atoms with Crippen LogP contribution in [0.25, 0.3) is 0 Å². The van der Waals surface area contributed by atoms with Gasteiger partial charge < -0.3 is 14.9 Å². The standard InChI is InChI=1S/C10H20O3/c11-7-9(8-12)3-1-4-10-5-2-6-13-10/h9-12H,1-8H2. The van der Waals surface area contributed by atoms with Crippen LogP contribution in [0.2, 0.25) is 0 Å². The molecule has 3 nitrogen and oxygen atoms in total. The first-order valence-corrected chi connectivity index (χ1v) is 5.20. The van der Waals surface area contributed by atoms with E-state index in [9.17, 15) is 0 Å². The van der Waals surface area contributed by atoms with Gasteiger partial charge in [-0.2, -0.15) is 0 Å². The monoisotopic (exact) mass is 188 g/mol. The van der Waals surface area contributed by atoms with Crippen molar-refractivity contribution in [1.29, 1.82) is 0 Å². The third-order valence-electron chi connectivity index (χ3n) is 2.68. The minimum atomic E-state index is 0.0707. The molecule has 0 aliphatic carbocycles. The molecule has 0 aromatic rings. The molecule has 3 heteroatoms. The van der Waals surface area contributed by atoms with Crippen molar-refractivity contribution in [3.8, 4) is 0 Å². The summed E-state index contributed by atoms with van der Waals surface area (Å²) in [7, 11) is 0. The summed E-state index contributed by atoms with van der Waals surface area (Å²) in [5.74, 6) is 0.0707. The number of hydrogen-bond donors (Lipinski definition) is 2. The number of hydrogen-bond acceptors (Lipinski definition) is 3. The van der Waals surface area contributed by atoms with Gasteiger partial charge in [-0.3, -0.25) is 0 Å². The van der Waals surface area contributed by atoms with Gasteiger partial charge in [0.1, 0.15) is 0 Å². The maximum atomic E-state index is 8.83. The first-order valence-electron chi connectivity index (χ1n) is 5.20. The Kier molecular flexibility index (Phi) is 5.35. The molecule has 0 bridgehead atoms. The molecule has 1 heterocycles. The molecule has 1 rings (SSSR count). The average Bonchev–Trinajstić information content (AvgIpc) is 2.65. The van der Waals surface area contributed by atoms with Gasteiger partial charge in [-0.25, -0.2) is 0 Å². The van der Waals surface area contributed by atoms with Crippen LogP contribution in [-0.4, -0.2) is 36.1 Å². The molecule has 13 heavy (non-hydrogen) atoms. The molecule has 1 atom stereocenters. The van der Waals surface area contributed by atoms with Gasteiger partial charge in [0.25, 0.3) is 0 Å². The smallest absolute Gasteiger partial charge is 0.0576 e. The quantitative estimate of drug-likeness (QED) is 0.652. The molecule has 0 spiro atoms. The maximum absolute atomic E-state index is 8.83. The molecular weight excluding hydrogens is 168 g/mol. The van der Waals surface area contributed by atoms with Crippen LogP contribution in [0.4, 0.5) is 0 Å². The highest BCUT2D eigenvalue weighted by atomic mass is 16.5. The zero-order valence-electron chi connectivity index (χ0n) is 8.11. The van der Waals surface area contributed by atoms with Crippen LogP contribution >= 0.6 is 0 Å². The van der Waals surface area contributed by atoms with E-state index in [-0.39, 0.29) is 19.1 Å². The Morgan fingerprint density at radius 2 is 2.08 bits per heavy atom. The Hall–Kier alpha value is -0.120. The van der Waals surface area contributed by atoms with Gasteiger partial charge in [-0.05, 0) is 25.7 Å². The van der Waals surface area contributed by atoms with Crippen molar-refractivity contribution in [2.45, 2.75) is 38.2 Å². The maximum Gasteiger partial charge on any atom is 0.0576 e. The lowest BCUT2D eigenvalue weighted by Crippen LogP contribution is -2.12. The summed E-state index contributed by atoms with van der Waals surface area (Å²) in [6.07, 6.45) is 5.86. The SMILES string of the molecule is OCC(CO)CCCC1CCCO1. The summed E-state index contributed by atoms with van der Waals surface area (Å²) in [5.41, 5.74) is 0. The Morgan fingerprint density at radius 1 is 1.31 bits per heavy atom. The molecule has 2 N–H and O–H groups in total. The van der Waals surface area contributed by atoms with Crippen LogP contribution in [0.3, 0.4) is 0 Å². The van der Waals surface area contributed by atoms with Gasteiger partial charge in [-0.1, -0.05) is 6.42 Å². The van der Waals surface area contributed by atoms with Gasteiger partial charge in [0, 0.05) is 25.7 Å². The van der Waals surface area contributed by atoms with Gasteiger partial charge >= 0.3 is 0 Å². The molecule has 1 aliphatic heterocycles. The fourth-order valence-electron chi connectivity index (χ4n) is 1.75. The van der Waals surface area contributed by atoms with Gasteiger partial charge in [0.15, 0.2) is 0 Å². The summed E-state index contributed by atoms with van der Waals surface area (Å²) in [6, 6.07) is 0. The van der Waals surface area contributed by atoms with Gasteiger partial charge in [-0.15, -0.1) is 0 Å². The van der Waals surface area contributed by atoms with Crippen LogP contribution in [-0.2, 0) is 4.74 Å². The molecule has 0 saturated carbocycles. The summed E-state index contributed by atoms with van der Waals surface area (Å²) >= 11 is 0. The zero-order chi connectivity index (χ0) is 9.52. The number of aliphatic hydroxyl groups excluding tert-OH is 2. The molecule has 0 aromatic carbocycles. The van der Waals surface area contributed by atoms with Crippen molar-refractivity contribution in [1.82, 2.24) is 0 Å². The van der Waals surface area contributed by atoms with E-state index in [2.05, 4.69) is 0 Å². The second-order valence-corrected chi connectivity index (χ2v) is 3.80. The molecule has 1 unspecified atom stereocenters. The molecule has 0 radical (unpaired) electrons. The summed E-state index contributed by atoms with van der Waals surface area (Å²) in [5, 5.41) is 17.7. The lowest BCUT2D eigenvalue weighted by atomic mass is 10.0. The second-order valence-electron chi connectivity index (χ2n) is 3.80. The average molecular weight is 188 g/mol. The van der Waals surface area contributed by atoms with Crippen molar-refractivity contribution in [2.24, 2.45) is 5.92 Å². The van der Waals surface area contributed by atoms with Crippen molar-refractivity contribution >= 4 is 0 Å². The third kappa shape index (κ3) is 4.07. The lowest BCUT2D eigenvalue weighted by molar-refractivity contribution is 0.0944. The highest BCUT2D eigenvalue weighted by Crippen LogP contribution is 2.19. The van der Waals surface area contributed by atoms with Crippen LogP contribution in [0.15, 0.2) is 0 Å². The van der Waals surface area contributed by atoms with Gasteiger partial charge in [0.2, 0.25) is 0 Å². The van der Waals surface area contributed by atoms with E-state index in [1.54, 1.807) is 0 Å². The molecule has 1 fully saturated rings. The van der Waals surface area contributed by atoms with E-state index < -0.39 is 0 Å². The Balaban J connectivity index is 1.98. The van der Waals surface area contributed by atoms with Crippen LogP contribution < -0.4 is 0 Å². The normalized spacial score (nSPS) is 22.8. The Bertz CT molecular complexity index is 115. The van der Waals surface area contributed by atoms with Crippen LogP contribution in [0.1, 0.15) is 32.1 Å². The highest BCUT2D eigenvalue weighted by molar-refractivity contribution is 4.66. The van der Waals surface area contributed by atoms with Gasteiger partial charge in [0.05, 0.1) is 6.10 Å². The summed E-state index contributed by atoms with van der Waals surface area (Å²) < 4.78 is 5.48. The van der Waals surface area contributed by atoms with Crippen molar-refractivity contribution < 1.29 is 14.9 Å². The van der Waals surface area contributed by atoms with Crippen LogP contribution in [0, 0.1) is 5.92 Å². The number of aliphatic hydroxyl groups is 2. The minimum Gasteiger partial charge on any atom is -0.396 e. The first kappa shape index (κ1) is 11.0. The Labute approximate surface area is 79.7 Å². The number of ether oxygens (including phenoxy) is 1. The van der Waals surface area contributed by atoms with Crippen molar-refractivity contribution in [2.75, 3.05) is 19.8 Å². The fourth-order valence-corrected chi connectivity index (χ4v) is 1.75. The van der Waals surface area contributed by atoms with Crippen molar-refractivity contribution in [3.05, 3.63) is 0 Å². The zero-order valence-corrected chi connectivity index (χ0v) is 8.11. The number of rotatable bonds is 6. The molecule has 1 aliphatic rings. The van der Waals surface area contributed by atoms with E-state index in [4.69, 9.17) is 14.9 Å². The second kappa shape index (κ2) is 6.35. The van der Waals surface area contributed by atoms with E-state index >= 15 is 0 Å². The largest absolute Gasteiger partial charge is 0.396 e. The third-order valence-corrected chi connectivity index (χ3v) is 2.68. The van der Waals surface area contributed by atoms with E-state index in [1.165, 1.54) is 12.8 Å².